The van der Waals surface area contributed by atoms with Crippen molar-refractivity contribution in [3.05, 3.63) is 0 Å². The Balaban J connectivity index is 0.00000110. The number of amides is 1. The number of carbonyl (C=O) groups is 1. The fourth-order valence-electron chi connectivity index (χ4n) is 5.43. The van der Waals surface area contributed by atoms with E-state index in [0.717, 1.165) is 36.8 Å². The van der Waals surface area contributed by atoms with Crippen LogP contribution in [-0.2, 0) is 4.79 Å². The Morgan fingerprint density at radius 2 is 1.53 bits per heavy atom. The lowest BCUT2D eigenvalue weighted by atomic mass is 9.54. The third-order valence-electron chi connectivity index (χ3n) is 6.10. The highest BCUT2D eigenvalue weighted by molar-refractivity contribution is 5.85. The summed E-state index contributed by atoms with van der Waals surface area (Å²) in [6.07, 6.45) is 7.09. The molecule has 4 saturated carbocycles. The van der Waals surface area contributed by atoms with Gasteiger partial charge in [0.15, 0.2) is 0 Å². The molecular formula is C15H25ClN2O. The monoisotopic (exact) mass is 284 g/mol. The van der Waals surface area contributed by atoms with Gasteiger partial charge in [0.25, 0.3) is 0 Å². The summed E-state index contributed by atoms with van der Waals surface area (Å²) in [5.74, 6) is 4.32. The quantitative estimate of drug-likeness (QED) is 0.840. The predicted molar refractivity (Wildman–Crippen MR) is 77.2 cm³/mol. The van der Waals surface area contributed by atoms with Crippen molar-refractivity contribution < 1.29 is 4.79 Å². The molecule has 0 aromatic carbocycles. The van der Waals surface area contributed by atoms with Gasteiger partial charge in [0.05, 0.1) is 5.92 Å². The van der Waals surface area contributed by atoms with Crippen LogP contribution in [0.4, 0.5) is 0 Å². The van der Waals surface area contributed by atoms with Crippen LogP contribution in [0, 0.1) is 29.6 Å². The molecule has 0 spiro atoms. The summed E-state index contributed by atoms with van der Waals surface area (Å²) in [4.78, 5) is 14.6. The van der Waals surface area contributed by atoms with Crippen LogP contribution in [0.2, 0.25) is 0 Å². The lowest BCUT2D eigenvalue weighted by Gasteiger charge is -2.57. The van der Waals surface area contributed by atoms with Crippen LogP contribution in [0.3, 0.4) is 0 Å². The Morgan fingerprint density at radius 3 is 1.95 bits per heavy atom. The van der Waals surface area contributed by atoms with Crippen molar-refractivity contribution in [2.24, 2.45) is 29.6 Å². The smallest absolute Gasteiger partial charge is 0.228 e. The van der Waals surface area contributed by atoms with E-state index in [1.807, 2.05) is 0 Å². The lowest BCUT2D eigenvalue weighted by Crippen LogP contribution is -2.60. The highest BCUT2D eigenvalue weighted by atomic mass is 35.5. The molecule has 19 heavy (non-hydrogen) atoms. The van der Waals surface area contributed by atoms with Gasteiger partial charge in [-0.2, -0.15) is 0 Å². The van der Waals surface area contributed by atoms with Crippen molar-refractivity contribution in [2.45, 2.75) is 38.1 Å². The second kappa shape index (κ2) is 4.92. The van der Waals surface area contributed by atoms with Crippen LogP contribution >= 0.6 is 12.4 Å². The van der Waals surface area contributed by atoms with Gasteiger partial charge in [-0.05, 0) is 55.8 Å². The molecule has 108 valence electrons. The third kappa shape index (κ3) is 2.09. The predicted octanol–water partition coefficient (Wildman–Crippen LogP) is 1.91. The average Bonchev–Trinajstić information content (AvgIpc) is 2.24. The fraction of sp³-hybridized carbons (Fsp3) is 0.933. The highest BCUT2D eigenvalue weighted by Gasteiger charge is 2.50. The maximum absolute atomic E-state index is 12.4. The summed E-state index contributed by atoms with van der Waals surface area (Å²) >= 11 is 0. The van der Waals surface area contributed by atoms with Gasteiger partial charge in [-0.15, -0.1) is 12.4 Å². The summed E-state index contributed by atoms with van der Waals surface area (Å²) in [5, 5.41) is 3.22. The SMILES string of the molecule is CN(C(=O)C1CNC1)C1C2CC3CC(C2)CC1C3.Cl. The molecular weight excluding hydrogens is 260 g/mol. The van der Waals surface area contributed by atoms with Crippen molar-refractivity contribution in [1.82, 2.24) is 10.2 Å². The van der Waals surface area contributed by atoms with Gasteiger partial charge >= 0.3 is 0 Å². The zero-order valence-corrected chi connectivity index (χ0v) is 12.5. The largest absolute Gasteiger partial charge is 0.342 e. The van der Waals surface area contributed by atoms with Gasteiger partial charge in [-0.3, -0.25) is 4.79 Å². The number of halogens is 1. The molecule has 4 heteroatoms. The van der Waals surface area contributed by atoms with E-state index in [1.54, 1.807) is 0 Å². The molecule has 0 aromatic rings. The second-order valence-electron chi connectivity index (χ2n) is 7.23. The molecule has 1 heterocycles. The molecule has 0 radical (unpaired) electrons. The normalized spacial score (nSPS) is 43.5. The van der Waals surface area contributed by atoms with E-state index in [1.165, 1.54) is 32.1 Å². The minimum absolute atomic E-state index is 0. The van der Waals surface area contributed by atoms with Gasteiger partial charge < -0.3 is 10.2 Å². The van der Waals surface area contributed by atoms with E-state index >= 15 is 0 Å². The van der Waals surface area contributed by atoms with Crippen molar-refractivity contribution in [3.8, 4) is 0 Å². The van der Waals surface area contributed by atoms with Crippen molar-refractivity contribution in [1.29, 1.82) is 0 Å². The molecule has 1 amide bonds. The summed E-state index contributed by atoms with van der Waals surface area (Å²) in [6, 6.07) is 0.575. The van der Waals surface area contributed by atoms with Crippen LogP contribution in [-0.4, -0.2) is 37.0 Å². The molecule has 1 N–H and O–H groups in total. The molecule has 0 aromatic heterocycles. The van der Waals surface area contributed by atoms with Crippen LogP contribution in [0.5, 0.6) is 0 Å². The Bertz CT molecular complexity index is 341. The lowest BCUT2D eigenvalue weighted by molar-refractivity contribution is -0.146. The first kappa shape index (κ1) is 13.7. The molecule has 1 saturated heterocycles. The molecule has 5 rings (SSSR count). The topological polar surface area (TPSA) is 32.3 Å². The van der Waals surface area contributed by atoms with Crippen molar-refractivity contribution in [3.63, 3.8) is 0 Å². The number of hydrogen-bond acceptors (Lipinski definition) is 2. The maximum atomic E-state index is 12.4. The summed E-state index contributed by atoms with van der Waals surface area (Å²) in [5.41, 5.74) is 0. The summed E-state index contributed by atoms with van der Waals surface area (Å²) < 4.78 is 0. The number of carbonyl (C=O) groups excluding carboxylic acids is 1. The van der Waals surface area contributed by atoms with E-state index in [0.29, 0.717) is 11.9 Å². The molecule has 0 atom stereocenters. The zero-order valence-electron chi connectivity index (χ0n) is 11.7. The minimum Gasteiger partial charge on any atom is -0.342 e. The van der Waals surface area contributed by atoms with Crippen molar-refractivity contribution >= 4 is 18.3 Å². The van der Waals surface area contributed by atoms with E-state index in [4.69, 9.17) is 0 Å². The molecule has 4 bridgehead atoms. The minimum atomic E-state index is 0. The summed E-state index contributed by atoms with van der Waals surface area (Å²) in [7, 11) is 2.08. The Kier molecular flexibility index (Phi) is 3.55. The summed E-state index contributed by atoms with van der Waals surface area (Å²) in [6.45, 7) is 1.80. The Hall–Kier alpha value is -0.280. The van der Waals surface area contributed by atoms with Gasteiger partial charge in [0.2, 0.25) is 5.91 Å². The highest BCUT2D eigenvalue weighted by Crippen LogP contribution is 2.55. The Labute approximate surface area is 121 Å². The molecule has 1 aliphatic heterocycles. The van der Waals surface area contributed by atoms with E-state index in [9.17, 15) is 4.79 Å². The average molecular weight is 285 g/mol. The maximum Gasteiger partial charge on any atom is 0.228 e. The van der Waals surface area contributed by atoms with E-state index in [2.05, 4.69) is 17.3 Å². The number of hydrogen-bond donors (Lipinski definition) is 1. The number of rotatable bonds is 2. The van der Waals surface area contributed by atoms with E-state index in [-0.39, 0.29) is 18.3 Å². The van der Waals surface area contributed by atoms with Crippen LogP contribution < -0.4 is 5.32 Å². The van der Waals surface area contributed by atoms with Gasteiger partial charge in [0.1, 0.15) is 0 Å². The molecule has 3 nitrogen and oxygen atoms in total. The van der Waals surface area contributed by atoms with Crippen LogP contribution in [0.15, 0.2) is 0 Å². The first-order valence-corrected chi connectivity index (χ1v) is 7.69. The molecule has 4 aliphatic carbocycles. The third-order valence-corrected chi connectivity index (χ3v) is 6.10. The molecule has 5 aliphatic rings. The van der Waals surface area contributed by atoms with Gasteiger partial charge in [0, 0.05) is 26.2 Å². The molecule has 0 unspecified atom stereocenters. The first-order chi connectivity index (χ1) is 8.72. The van der Waals surface area contributed by atoms with Gasteiger partial charge in [-0.25, -0.2) is 0 Å². The number of nitrogens with zero attached hydrogens (tertiary/aromatic N) is 1. The van der Waals surface area contributed by atoms with Crippen LogP contribution in [0.25, 0.3) is 0 Å². The van der Waals surface area contributed by atoms with Gasteiger partial charge in [-0.1, -0.05) is 0 Å². The molecule has 5 fully saturated rings. The fourth-order valence-corrected chi connectivity index (χ4v) is 5.43. The zero-order chi connectivity index (χ0) is 12.3. The van der Waals surface area contributed by atoms with Crippen molar-refractivity contribution in [2.75, 3.05) is 20.1 Å². The van der Waals surface area contributed by atoms with Crippen LogP contribution in [0.1, 0.15) is 32.1 Å². The second-order valence-corrected chi connectivity index (χ2v) is 7.23. The first-order valence-electron chi connectivity index (χ1n) is 7.69. The Morgan fingerprint density at radius 1 is 1.00 bits per heavy atom. The number of nitrogens with one attached hydrogen (secondary N) is 1. The van der Waals surface area contributed by atoms with E-state index < -0.39 is 0 Å². The standard InChI is InChI=1S/C15H24N2O.ClH/c1-17(15(18)13-7-16-8-13)14-11-3-9-2-10(5-11)6-12(14)4-9;/h9-14,16H,2-8H2,1H3;1H.